The largest absolute Gasteiger partial charge is 0.471 e. The second-order valence-electron chi connectivity index (χ2n) is 6.84. The Morgan fingerprint density at radius 3 is 3.00 bits per heavy atom. The number of anilines is 1. The highest BCUT2D eigenvalue weighted by Crippen LogP contribution is 2.19. The van der Waals surface area contributed by atoms with Crippen molar-refractivity contribution < 1.29 is 9.53 Å². The summed E-state index contributed by atoms with van der Waals surface area (Å²) in [5, 5.41) is 0. The van der Waals surface area contributed by atoms with E-state index in [9.17, 15) is 4.79 Å². The fourth-order valence-corrected chi connectivity index (χ4v) is 3.21. The average molecular weight is 366 g/mol. The summed E-state index contributed by atoms with van der Waals surface area (Å²) in [7, 11) is 3.81. The van der Waals surface area contributed by atoms with Crippen LogP contribution in [-0.2, 0) is 11.3 Å². The molecule has 8 heteroatoms. The van der Waals surface area contributed by atoms with Crippen LogP contribution in [0.2, 0.25) is 0 Å². The predicted molar refractivity (Wildman–Crippen MR) is 102 cm³/mol. The van der Waals surface area contributed by atoms with Gasteiger partial charge in [-0.25, -0.2) is 4.98 Å². The van der Waals surface area contributed by atoms with Crippen LogP contribution in [0.15, 0.2) is 43.0 Å². The van der Waals surface area contributed by atoms with Crippen molar-refractivity contribution in [1.82, 2.24) is 24.4 Å². The lowest BCUT2D eigenvalue weighted by Crippen LogP contribution is -2.33. The maximum atomic E-state index is 12.7. The van der Waals surface area contributed by atoms with E-state index in [0.29, 0.717) is 19.0 Å². The van der Waals surface area contributed by atoms with Gasteiger partial charge in [-0.05, 0) is 12.1 Å². The summed E-state index contributed by atoms with van der Waals surface area (Å²) in [6, 6.07) is 7.81. The highest BCUT2D eigenvalue weighted by atomic mass is 16.5. The standard InChI is InChI=1S/C19H22N6O2/c1-23(2)17-9-20-10-18(22-17)27-14-7-8-24(11-14)19(26)12-25-13-21-15-5-3-4-6-16(15)25/h3-6,9-10,13-14H,7-8,11-12H2,1-2H3/t14-/m1/s1. The second kappa shape index (κ2) is 7.22. The Hall–Kier alpha value is -3.16. The van der Waals surface area contributed by atoms with Crippen LogP contribution in [0.1, 0.15) is 6.42 Å². The van der Waals surface area contributed by atoms with Gasteiger partial charge in [0, 0.05) is 27.1 Å². The van der Waals surface area contributed by atoms with Crippen LogP contribution in [0.25, 0.3) is 11.0 Å². The third kappa shape index (κ3) is 3.69. The first-order chi connectivity index (χ1) is 13.1. The molecule has 1 atom stereocenters. The van der Waals surface area contributed by atoms with E-state index in [0.717, 1.165) is 23.3 Å². The molecule has 0 aliphatic carbocycles. The number of nitrogens with zero attached hydrogens (tertiary/aromatic N) is 6. The lowest BCUT2D eigenvalue weighted by molar-refractivity contribution is -0.131. The zero-order valence-electron chi connectivity index (χ0n) is 15.4. The molecule has 0 saturated carbocycles. The van der Waals surface area contributed by atoms with Crippen LogP contribution < -0.4 is 9.64 Å². The van der Waals surface area contributed by atoms with Crippen LogP contribution in [0.4, 0.5) is 5.82 Å². The highest BCUT2D eigenvalue weighted by molar-refractivity contribution is 5.80. The van der Waals surface area contributed by atoms with Gasteiger partial charge in [-0.1, -0.05) is 12.1 Å². The van der Waals surface area contributed by atoms with E-state index >= 15 is 0 Å². The number of benzene rings is 1. The molecule has 0 radical (unpaired) electrons. The molecule has 8 nitrogen and oxygen atoms in total. The Kier molecular flexibility index (Phi) is 4.62. The van der Waals surface area contributed by atoms with Crippen LogP contribution in [0.5, 0.6) is 5.88 Å². The number of ether oxygens (including phenoxy) is 1. The fourth-order valence-electron chi connectivity index (χ4n) is 3.21. The molecule has 1 aliphatic heterocycles. The number of hydrogen-bond donors (Lipinski definition) is 0. The van der Waals surface area contributed by atoms with Crippen molar-refractivity contribution in [2.24, 2.45) is 0 Å². The first-order valence-electron chi connectivity index (χ1n) is 8.94. The van der Waals surface area contributed by atoms with Crippen LogP contribution in [-0.4, -0.2) is 63.6 Å². The molecule has 1 amide bonds. The van der Waals surface area contributed by atoms with Crippen molar-refractivity contribution in [2.45, 2.75) is 19.1 Å². The van der Waals surface area contributed by atoms with Crippen LogP contribution >= 0.6 is 0 Å². The van der Waals surface area contributed by atoms with Gasteiger partial charge in [-0.2, -0.15) is 4.98 Å². The fraction of sp³-hybridized carbons (Fsp3) is 0.368. The van der Waals surface area contributed by atoms with E-state index in [2.05, 4.69) is 15.0 Å². The summed E-state index contributed by atoms with van der Waals surface area (Å²) in [4.78, 5) is 29.3. The molecule has 1 fully saturated rings. The molecule has 1 aliphatic rings. The Bertz CT molecular complexity index is 954. The molecule has 1 aromatic carbocycles. The van der Waals surface area contributed by atoms with Crippen molar-refractivity contribution >= 4 is 22.8 Å². The van der Waals surface area contributed by atoms with Crippen molar-refractivity contribution in [3.05, 3.63) is 43.0 Å². The first kappa shape index (κ1) is 17.3. The Morgan fingerprint density at radius 1 is 1.30 bits per heavy atom. The molecular weight excluding hydrogens is 344 g/mol. The number of imidazole rings is 1. The number of amides is 1. The molecule has 2 aromatic heterocycles. The lowest BCUT2D eigenvalue weighted by Gasteiger charge is -2.18. The summed E-state index contributed by atoms with van der Waals surface area (Å²) < 4.78 is 7.83. The van der Waals surface area contributed by atoms with E-state index in [-0.39, 0.29) is 18.6 Å². The van der Waals surface area contributed by atoms with E-state index in [1.807, 2.05) is 52.7 Å². The molecule has 27 heavy (non-hydrogen) atoms. The summed E-state index contributed by atoms with van der Waals surface area (Å²) in [5.41, 5.74) is 1.86. The third-order valence-corrected chi connectivity index (χ3v) is 4.68. The van der Waals surface area contributed by atoms with E-state index in [1.54, 1.807) is 18.7 Å². The Labute approximate surface area is 157 Å². The molecule has 0 N–H and O–H groups in total. The van der Waals surface area contributed by atoms with Gasteiger partial charge in [0.05, 0.1) is 36.3 Å². The van der Waals surface area contributed by atoms with Gasteiger partial charge >= 0.3 is 0 Å². The van der Waals surface area contributed by atoms with Gasteiger partial charge in [-0.15, -0.1) is 0 Å². The molecular formula is C19H22N6O2. The van der Waals surface area contributed by atoms with Crippen LogP contribution in [0.3, 0.4) is 0 Å². The summed E-state index contributed by atoms with van der Waals surface area (Å²) in [6.07, 6.45) is 5.72. The maximum Gasteiger partial charge on any atom is 0.242 e. The number of hydrogen-bond acceptors (Lipinski definition) is 6. The number of carbonyl (C=O) groups excluding carboxylic acids is 1. The smallest absolute Gasteiger partial charge is 0.242 e. The summed E-state index contributed by atoms with van der Waals surface area (Å²) in [6.45, 7) is 1.51. The minimum absolute atomic E-state index is 0.0670. The molecule has 1 saturated heterocycles. The molecule has 3 heterocycles. The molecule has 0 unspecified atom stereocenters. The average Bonchev–Trinajstić information content (AvgIpc) is 3.29. The minimum Gasteiger partial charge on any atom is -0.471 e. The Morgan fingerprint density at radius 2 is 2.15 bits per heavy atom. The van der Waals surface area contributed by atoms with E-state index in [1.165, 1.54) is 0 Å². The van der Waals surface area contributed by atoms with Crippen molar-refractivity contribution in [1.29, 1.82) is 0 Å². The van der Waals surface area contributed by atoms with Gasteiger partial charge in [0.25, 0.3) is 0 Å². The Balaban J connectivity index is 1.37. The lowest BCUT2D eigenvalue weighted by atomic mass is 10.3. The van der Waals surface area contributed by atoms with Gasteiger partial charge in [-0.3, -0.25) is 9.78 Å². The zero-order chi connectivity index (χ0) is 18.8. The van der Waals surface area contributed by atoms with E-state index in [4.69, 9.17) is 4.74 Å². The summed E-state index contributed by atoms with van der Waals surface area (Å²) >= 11 is 0. The monoisotopic (exact) mass is 366 g/mol. The van der Waals surface area contributed by atoms with Gasteiger partial charge in [0.15, 0.2) is 5.82 Å². The number of aromatic nitrogens is 4. The molecule has 0 spiro atoms. The zero-order valence-corrected chi connectivity index (χ0v) is 15.4. The second-order valence-corrected chi connectivity index (χ2v) is 6.84. The number of likely N-dealkylation sites (tertiary alicyclic amines) is 1. The summed E-state index contributed by atoms with van der Waals surface area (Å²) in [5.74, 6) is 1.30. The number of fused-ring (bicyclic) bond motifs is 1. The molecule has 4 rings (SSSR count). The molecule has 3 aromatic rings. The maximum absolute atomic E-state index is 12.7. The number of para-hydroxylation sites is 2. The number of rotatable bonds is 5. The molecule has 140 valence electrons. The SMILES string of the molecule is CN(C)c1cncc(O[C@@H]2CCN(C(=O)Cn3cnc4ccccc43)C2)n1. The molecule has 0 bridgehead atoms. The van der Waals surface area contributed by atoms with Crippen molar-refractivity contribution in [2.75, 3.05) is 32.1 Å². The number of carbonyl (C=O) groups is 1. The van der Waals surface area contributed by atoms with Crippen LogP contribution in [0, 0.1) is 0 Å². The van der Waals surface area contributed by atoms with Gasteiger partial charge in [0.2, 0.25) is 11.8 Å². The third-order valence-electron chi connectivity index (χ3n) is 4.68. The normalized spacial score (nSPS) is 16.7. The minimum atomic E-state index is -0.0693. The first-order valence-corrected chi connectivity index (χ1v) is 8.94. The van der Waals surface area contributed by atoms with E-state index < -0.39 is 0 Å². The quantitative estimate of drug-likeness (QED) is 0.682. The van der Waals surface area contributed by atoms with Crippen molar-refractivity contribution in [3.8, 4) is 5.88 Å². The van der Waals surface area contributed by atoms with Gasteiger partial charge in [0.1, 0.15) is 12.6 Å². The topological polar surface area (TPSA) is 76.4 Å². The predicted octanol–water partition coefficient (Wildman–Crippen LogP) is 1.57. The van der Waals surface area contributed by atoms with Crippen molar-refractivity contribution in [3.63, 3.8) is 0 Å². The van der Waals surface area contributed by atoms with Gasteiger partial charge < -0.3 is 19.1 Å². The highest BCUT2D eigenvalue weighted by Gasteiger charge is 2.28.